The van der Waals surface area contributed by atoms with E-state index in [0.29, 0.717) is 15.6 Å². The molecular weight excluding hydrogens is 337 g/mol. The Kier molecular flexibility index (Phi) is 4.37. The lowest BCUT2D eigenvalue weighted by atomic mass is 10.1. The summed E-state index contributed by atoms with van der Waals surface area (Å²) in [6.45, 7) is 0.171. The molecule has 0 saturated carbocycles. The first kappa shape index (κ1) is 15.6. The molecule has 0 saturated heterocycles. The fraction of sp³-hybridized carbons (Fsp3) is 0.0588. The van der Waals surface area contributed by atoms with E-state index in [1.165, 1.54) is 0 Å². The molecular formula is C17H13Cl2NO3. The summed E-state index contributed by atoms with van der Waals surface area (Å²) in [5, 5.41) is 21.1. The maximum absolute atomic E-state index is 9.58. The zero-order valence-corrected chi connectivity index (χ0v) is 13.4. The van der Waals surface area contributed by atoms with E-state index < -0.39 is 5.95 Å². The minimum absolute atomic E-state index is 0.0199. The average Bonchev–Trinajstić information content (AvgIpc) is 2.92. The number of rotatable bonds is 4. The normalized spacial score (nSPS) is 10.7. The predicted octanol–water partition coefficient (Wildman–Crippen LogP) is 5.43. The first-order valence-corrected chi connectivity index (χ1v) is 7.56. The minimum atomic E-state index is -0.889. The van der Waals surface area contributed by atoms with E-state index in [1.54, 1.807) is 42.6 Å². The largest absolute Gasteiger partial charge is 0.481 e. The molecule has 0 bridgehead atoms. The molecule has 6 heteroatoms. The highest BCUT2D eigenvalue weighted by molar-refractivity contribution is 6.31. The molecule has 23 heavy (non-hydrogen) atoms. The number of hydrogen-bond donors (Lipinski definition) is 3. The zero-order chi connectivity index (χ0) is 16.4. The number of aromatic amines is 1. The molecule has 0 spiro atoms. The summed E-state index contributed by atoms with van der Waals surface area (Å²) in [4.78, 5) is 3.04. The molecule has 3 aromatic rings. The van der Waals surface area contributed by atoms with Gasteiger partial charge in [-0.25, -0.2) is 0 Å². The van der Waals surface area contributed by atoms with Crippen molar-refractivity contribution in [1.82, 2.24) is 4.98 Å². The van der Waals surface area contributed by atoms with E-state index in [0.717, 1.165) is 16.5 Å². The van der Waals surface area contributed by atoms with Gasteiger partial charge in [-0.05, 0) is 35.9 Å². The van der Waals surface area contributed by atoms with Crippen LogP contribution in [-0.4, -0.2) is 15.2 Å². The van der Waals surface area contributed by atoms with Crippen LogP contribution in [-0.2, 0) is 11.3 Å². The zero-order valence-electron chi connectivity index (χ0n) is 11.9. The van der Waals surface area contributed by atoms with E-state index in [-0.39, 0.29) is 12.4 Å². The SMILES string of the molecule is OC(O)=C(OCc1ccc(Cl)cc1)c1c[nH]c2ccc(Cl)cc12. The Hall–Kier alpha value is -2.30. The molecule has 2 aromatic carbocycles. The highest BCUT2D eigenvalue weighted by Gasteiger charge is 2.16. The average molecular weight is 350 g/mol. The number of hydrogen-bond acceptors (Lipinski definition) is 3. The van der Waals surface area contributed by atoms with Crippen LogP contribution in [0.2, 0.25) is 10.0 Å². The predicted molar refractivity (Wildman–Crippen MR) is 91.7 cm³/mol. The van der Waals surface area contributed by atoms with Crippen molar-refractivity contribution in [1.29, 1.82) is 0 Å². The van der Waals surface area contributed by atoms with Gasteiger partial charge in [0, 0.05) is 32.7 Å². The van der Waals surface area contributed by atoms with Crippen LogP contribution >= 0.6 is 23.2 Å². The molecule has 3 N–H and O–H groups in total. The van der Waals surface area contributed by atoms with Crippen molar-refractivity contribution in [3.05, 3.63) is 75.8 Å². The molecule has 4 nitrogen and oxygen atoms in total. The number of aliphatic hydroxyl groups is 2. The fourth-order valence-electron chi connectivity index (χ4n) is 2.28. The summed E-state index contributed by atoms with van der Waals surface area (Å²) in [5.41, 5.74) is 2.20. The summed E-state index contributed by atoms with van der Waals surface area (Å²) in [6.07, 6.45) is 1.64. The van der Waals surface area contributed by atoms with Crippen LogP contribution in [0.3, 0.4) is 0 Å². The van der Waals surface area contributed by atoms with Crippen molar-refractivity contribution in [2.45, 2.75) is 6.61 Å². The van der Waals surface area contributed by atoms with E-state index in [4.69, 9.17) is 27.9 Å². The van der Waals surface area contributed by atoms with E-state index in [9.17, 15) is 10.2 Å². The first-order chi connectivity index (χ1) is 11.0. The fourth-order valence-corrected chi connectivity index (χ4v) is 2.58. The van der Waals surface area contributed by atoms with Gasteiger partial charge >= 0.3 is 5.95 Å². The van der Waals surface area contributed by atoms with E-state index in [2.05, 4.69) is 4.98 Å². The molecule has 3 rings (SSSR count). The maximum atomic E-state index is 9.58. The van der Waals surface area contributed by atoms with Crippen LogP contribution in [0.4, 0.5) is 0 Å². The van der Waals surface area contributed by atoms with Crippen molar-refractivity contribution in [3.8, 4) is 0 Å². The molecule has 0 aliphatic rings. The third-order valence-corrected chi connectivity index (χ3v) is 3.88. The van der Waals surface area contributed by atoms with E-state index >= 15 is 0 Å². The van der Waals surface area contributed by atoms with Crippen molar-refractivity contribution in [3.63, 3.8) is 0 Å². The van der Waals surface area contributed by atoms with Crippen molar-refractivity contribution >= 4 is 39.9 Å². The van der Waals surface area contributed by atoms with Crippen LogP contribution in [0, 0.1) is 0 Å². The Morgan fingerprint density at radius 2 is 1.70 bits per heavy atom. The maximum Gasteiger partial charge on any atom is 0.319 e. The van der Waals surface area contributed by atoms with Crippen molar-refractivity contribution in [2.75, 3.05) is 0 Å². The second-order valence-electron chi connectivity index (χ2n) is 4.96. The lowest BCUT2D eigenvalue weighted by molar-refractivity contribution is 0.159. The first-order valence-electron chi connectivity index (χ1n) is 6.81. The van der Waals surface area contributed by atoms with Crippen LogP contribution in [0.5, 0.6) is 0 Å². The molecule has 0 unspecified atom stereocenters. The molecule has 0 aliphatic carbocycles. The van der Waals surface area contributed by atoms with Crippen LogP contribution < -0.4 is 0 Å². The Morgan fingerprint density at radius 1 is 1.00 bits per heavy atom. The van der Waals surface area contributed by atoms with E-state index in [1.807, 2.05) is 6.07 Å². The molecule has 1 heterocycles. The molecule has 0 radical (unpaired) electrons. The van der Waals surface area contributed by atoms with Crippen LogP contribution in [0.25, 0.3) is 16.7 Å². The monoisotopic (exact) mass is 349 g/mol. The van der Waals surface area contributed by atoms with Gasteiger partial charge in [-0.2, -0.15) is 0 Å². The molecule has 1 aromatic heterocycles. The molecule has 0 amide bonds. The van der Waals surface area contributed by atoms with Crippen LogP contribution in [0.15, 0.2) is 54.6 Å². The molecule has 0 aliphatic heterocycles. The third-order valence-electron chi connectivity index (χ3n) is 3.39. The Balaban J connectivity index is 1.91. The number of halogens is 2. The number of aliphatic hydroxyl groups excluding tert-OH is 1. The Morgan fingerprint density at radius 3 is 2.39 bits per heavy atom. The summed E-state index contributed by atoms with van der Waals surface area (Å²) < 4.78 is 5.60. The summed E-state index contributed by atoms with van der Waals surface area (Å²) >= 11 is 11.9. The van der Waals surface area contributed by atoms with Crippen LogP contribution in [0.1, 0.15) is 11.1 Å². The number of fused-ring (bicyclic) bond motifs is 1. The molecule has 118 valence electrons. The number of nitrogens with one attached hydrogen (secondary N) is 1. The third kappa shape index (κ3) is 3.38. The van der Waals surface area contributed by atoms with Gasteiger partial charge in [-0.3, -0.25) is 0 Å². The number of benzene rings is 2. The van der Waals surface area contributed by atoms with Gasteiger partial charge in [-0.1, -0.05) is 35.3 Å². The smallest absolute Gasteiger partial charge is 0.319 e. The minimum Gasteiger partial charge on any atom is -0.481 e. The van der Waals surface area contributed by atoms with Crippen molar-refractivity contribution in [2.24, 2.45) is 0 Å². The number of H-pyrrole nitrogens is 1. The topological polar surface area (TPSA) is 65.5 Å². The van der Waals surface area contributed by atoms with Gasteiger partial charge in [0.25, 0.3) is 0 Å². The van der Waals surface area contributed by atoms with Gasteiger partial charge < -0.3 is 19.9 Å². The standard InChI is InChI=1S/C17H13Cl2NO3/c18-11-3-1-10(2-4-11)9-23-16(17(21)22)14-8-20-15-6-5-12(19)7-13(14)15/h1-8,20-22H,9H2. The lowest BCUT2D eigenvalue weighted by Crippen LogP contribution is -1.97. The summed E-state index contributed by atoms with van der Waals surface area (Å²) in [6, 6.07) is 12.4. The summed E-state index contributed by atoms with van der Waals surface area (Å²) in [7, 11) is 0. The van der Waals surface area contributed by atoms with Gasteiger partial charge in [0.05, 0.1) is 0 Å². The second kappa shape index (κ2) is 6.44. The van der Waals surface area contributed by atoms with Gasteiger partial charge in [0.1, 0.15) is 6.61 Å². The molecule has 0 atom stereocenters. The quantitative estimate of drug-likeness (QED) is 0.550. The second-order valence-corrected chi connectivity index (χ2v) is 5.83. The Bertz CT molecular complexity index is 865. The lowest BCUT2D eigenvalue weighted by Gasteiger charge is -2.10. The highest BCUT2D eigenvalue weighted by Crippen LogP contribution is 2.30. The molecule has 0 fully saturated rings. The summed E-state index contributed by atoms with van der Waals surface area (Å²) in [5.74, 6) is -0.909. The Labute approximate surface area is 142 Å². The van der Waals surface area contributed by atoms with Crippen molar-refractivity contribution < 1.29 is 14.9 Å². The number of ether oxygens (including phenoxy) is 1. The highest BCUT2D eigenvalue weighted by atomic mass is 35.5. The van der Waals surface area contributed by atoms with Gasteiger partial charge in [0.2, 0.25) is 5.76 Å². The van der Waals surface area contributed by atoms with Gasteiger partial charge in [0.15, 0.2) is 0 Å². The number of aromatic nitrogens is 1. The van der Waals surface area contributed by atoms with Gasteiger partial charge in [-0.15, -0.1) is 0 Å².